The lowest BCUT2D eigenvalue weighted by molar-refractivity contribution is 0.781. The molecule has 3 aromatic heterocycles. The first kappa shape index (κ1) is 46.8. The largest absolute Gasteiger partial charge is 0.265 e. The number of pyridine rings is 2. The molecule has 1 atom stereocenters. The van der Waals surface area contributed by atoms with E-state index in [1.165, 1.54) is 89.0 Å². The lowest BCUT2D eigenvalue weighted by atomic mass is 9.68. The summed E-state index contributed by atoms with van der Waals surface area (Å²) in [6.45, 7) is 0. The summed E-state index contributed by atoms with van der Waals surface area (Å²) in [4.78, 5) is 19.9. The van der Waals surface area contributed by atoms with E-state index in [9.17, 15) is 0 Å². The van der Waals surface area contributed by atoms with E-state index in [4.69, 9.17) is 9.97 Å². The number of hydrogen-bond donors (Lipinski definition) is 0. The molecule has 0 radical (unpaired) electrons. The van der Waals surface area contributed by atoms with Crippen molar-refractivity contribution in [2.24, 2.45) is 0 Å². The number of fused-ring (bicyclic) bond motifs is 20. The molecule has 4 nitrogen and oxygen atoms in total. The highest BCUT2D eigenvalue weighted by atomic mass is 14.9. The Morgan fingerprint density at radius 2 is 0.810 bits per heavy atom. The molecule has 4 heteroatoms. The maximum atomic E-state index is 5.73. The predicted molar refractivity (Wildman–Crippen MR) is 340 cm³/mol. The Kier molecular flexibility index (Phi) is 9.94. The number of rotatable bonds is 6. The molecule has 84 heavy (non-hydrogen) atoms. The number of nitrogens with zero attached hydrogens (tertiary/aromatic N) is 4. The van der Waals surface area contributed by atoms with E-state index >= 15 is 0 Å². The third-order valence-electron chi connectivity index (χ3n) is 18.9. The minimum absolute atomic E-state index is 0.488. The molecule has 0 N–H and O–H groups in total. The molecule has 3 heterocycles. The van der Waals surface area contributed by atoms with Crippen molar-refractivity contribution in [2.45, 2.75) is 23.7 Å². The maximum absolute atomic E-state index is 5.73. The van der Waals surface area contributed by atoms with E-state index in [2.05, 4.69) is 252 Å². The fraction of sp³-hybridized carbons (Fsp3) is 0.0500. The molecule has 6 aliphatic rings. The van der Waals surface area contributed by atoms with Gasteiger partial charge in [-0.25, -0.2) is 9.97 Å². The Bertz CT molecular complexity index is 5020. The van der Waals surface area contributed by atoms with Crippen molar-refractivity contribution < 1.29 is 0 Å². The molecule has 0 saturated heterocycles. The second-order valence-electron chi connectivity index (χ2n) is 22.9. The first-order valence-corrected chi connectivity index (χ1v) is 29.0. The van der Waals surface area contributed by atoms with Crippen LogP contribution in [0.15, 0.2) is 285 Å². The Balaban J connectivity index is 0.926. The van der Waals surface area contributed by atoms with Crippen molar-refractivity contribution in [3.63, 3.8) is 0 Å². The van der Waals surface area contributed by atoms with Crippen LogP contribution in [0, 0.1) is 0 Å². The molecule has 18 rings (SSSR count). The molecular weight excluding hydrogens is 1020 g/mol. The van der Waals surface area contributed by atoms with Gasteiger partial charge in [-0.1, -0.05) is 193 Å². The fourth-order valence-electron chi connectivity index (χ4n) is 15.4. The van der Waals surface area contributed by atoms with Gasteiger partial charge >= 0.3 is 0 Å². The highest BCUT2D eigenvalue weighted by Crippen LogP contribution is 2.65. The number of hydrogen-bond acceptors (Lipinski definition) is 4. The van der Waals surface area contributed by atoms with E-state index in [1.54, 1.807) is 0 Å². The number of aromatic nitrogens is 4. The third kappa shape index (κ3) is 6.44. The van der Waals surface area contributed by atoms with Crippen LogP contribution in [0.2, 0.25) is 0 Å². The molecule has 2 spiro atoms. The quantitative estimate of drug-likeness (QED) is 0.156. The first-order chi connectivity index (χ1) is 41.6. The predicted octanol–water partition coefficient (Wildman–Crippen LogP) is 18.7. The van der Waals surface area contributed by atoms with Crippen LogP contribution in [0.25, 0.3) is 106 Å². The van der Waals surface area contributed by atoms with E-state index in [0.29, 0.717) is 5.82 Å². The summed E-state index contributed by atoms with van der Waals surface area (Å²) in [7, 11) is 0. The van der Waals surface area contributed by atoms with Gasteiger partial charge in [0.2, 0.25) is 0 Å². The standard InChI is InChI=1S/C80H48N4/c1-7-19-68-58(13-1)59-14-2-8-20-69(59)79(68)72-23-11-5-17-62(72)64-35-33-55(47-74(64)79)57-45-66(56-34-36-65-63-18-6-12-24-73(63)80(75(65)48-56)70-21-9-3-15-60(70)61-16-4-10-22-71(61)80)77-67(46-57)76(53-29-25-49(26-30-53)51-37-41-81-42-38-51)83-78(84-77)54-31-27-50(28-32-54)52-39-43-82-44-40-52/h1-3,5-15,17-27,29-31,33-48H,4,16H2. The van der Waals surface area contributed by atoms with Gasteiger partial charge in [0.05, 0.1) is 27.6 Å². The number of allylic oxidation sites excluding steroid dienone is 8. The highest BCUT2D eigenvalue weighted by Gasteiger charge is 2.53. The van der Waals surface area contributed by atoms with Crippen LogP contribution in [-0.4, -0.2) is 19.9 Å². The van der Waals surface area contributed by atoms with Gasteiger partial charge in [0.1, 0.15) is 0 Å². The smallest absolute Gasteiger partial charge is 0.169 e. The zero-order valence-corrected chi connectivity index (χ0v) is 45.6. The van der Waals surface area contributed by atoms with Crippen LogP contribution in [0.3, 0.4) is 0 Å². The van der Waals surface area contributed by atoms with Gasteiger partial charge in [-0.3, -0.25) is 9.97 Å². The molecule has 388 valence electrons. The lowest BCUT2D eigenvalue weighted by Crippen LogP contribution is -2.27. The zero-order chi connectivity index (χ0) is 55.1. The molecule has 6 aliphatic carbocycles. The van der Waals surface area contributed by atoms with Gasteiger partial charge in [0.25, 0.3) is 0 Å². The van der Waals surface area contributed by atoms with Crippen molar-refractivity contribution >= 4 is 27.6 Å². The Hall–Kier alpha value is -10.9. The van der Waals surface area contributed by atoms with Gasteiger partial charge in [0.15, 0.2) is 5.82 Å². The SMILES string of the molecule is C1=C=C(c2nc(-c3ccc(-c4ccncc4)cc3)c3cc(-c4ccc5c(c4)C4(c6ccccc6-c6ccccc64)c4ccccc4-5)cc(-c4ccc5c(c4)C4(C6=C(CCC=C6)c6ccccc64)c4ccccc4-5)c3n2)C=CC=1c1ccncc1. The summed E-state index contributed by atoms with van der Waals surface area (Å²) in [6, 6.07) is 81.6. The molecule has 1 unspecified atom stereocenters. The zero-order valence-electron chi connectivity index (χ0n) is 45.6. The van der Waals surface area contributed by atoms with Gasteiger partial charge in [-0.05, 0) is 196 Å². The second-order valence-corrected chi connectivity index (χ2v) is 22.9. The molecule has 12 aromatic rings. The molecule has 0 bridgehead atoms. The van der Waals surface area contributed by atoms with Gasteiger partial charge < -0.3 is 0 Å². The number of benzene rings is 9. The first-order valence-electron chi connectivity index (χ1n) is 29.0. The Labute approximate surface area is 486 Å². The van der Waals surface area contributed by atoms with Gasteiger partial charge in [-0.2, -0.15) is 0 Å². The van der Waals surface area contributed by atoms with Crippen molar-refractivity contribution in [1.82, 2.24) is 19.9 Å². The second kappa shape index (κ2) is 17.8. The summed E-state index contributed by atoms with van der Waals surface area (Å²) in [6.07, 6.45) is 18.3. The summed E-state index contributed by atoms with van der Waals surface area (Å²) >= 11 is 0. The van der Waals surface area contributed by atoms with Crippen molar-refractivity contribution in [3.8, 4) is 78.0 Å². The molecule has 0 aliphatic heterocycles. The fourth-order valence-corrected chi connectivity index (χ4v) is 15.4. The summed E-state index contributed by atoms with van der Waals surface area (Å²) in [5.74, 6) is 0.579. The maximum Gasteiger partial charge on any atom is 0.169 e. The highest BCUT2D eigenvalue weighted by molar-refractivity contribution is 6.07. The Morgan fingerprint density at radius 1 is 0.333 bits per heavy atom. The summed E-state index contributed by atoms with van der Waals surface area (Å²) in [5.41, 5.74) is 39.1. The van der Waals surface area contributed by atoms with E-state index in [0.717, 1.165) is 85.1 Å². The monoisotopic (exact) mass is 1060 g/mol. The lowest BCUT2D eigenvalue weighted by Gasteiger charge is -2.32. The molecular formula is C80H48N4. The molecule has 0 saturated carbocycles. The van der Waals surface area contributed by atoms with Gasteiger partial charge in [-0.15, -0.1) is 0 Å². The summed E-state index contributed by atoms with van der Waals surface area (Å²) in [5, 5.41) is 0.959. The summed E-state index contributed by atoms with van der Waals surface area (Å²) < 4.78 is 0. The third-order valence-corrected chi connectivity index (χ3v) is 18.9. The normalized spacial score (nSPS) is 16.4. The van der Waals surface area contributed by atoms with Gasteiger partial charge in [0, 0.05) is 46.9 Å². The molecule has 0 amide bonds. The van der Waals surface area contributed by atoms with Crippen LogP contribution in [0.5, 0.6) is 0 Å². The van der Waals surface area contributed by atoms with E-state index in [-0.39, 0.29) is 0 Å². The van der Waals surface area contributed by atoms with Crippen LogP contribution >= 0.6 is 0 Å². The van der Waals surface area contributed by atoms with E-state index < -0.39 is 10.8 Å². The van der Waals surface area contributed by atoms with Crippen LogP contribution in [0.4, 0.5) is 0 Å². The minimum atomic E-state index is -0.503. The van der Waals surface area contributed by atoms with Crippen molar-refractivity contribution in [3.05, 3.63) is 340 Å². The van der Waals surface area contributed by atoms with Crippen LogP contribution in [-0.2, 0) is 10.8 Å². The topological polar surface area (TPSA) is 51.6 Å². The molecule has 9 aromatic carbocycles. The average molecular weight is 1070 g/mol. The van der Waals surface area contributed by atoms with Crippen LogP contribution in [0.1, 0.15) is 68.7 Å². The Morgan fingerprint density at radius 3 is 1.43 bits per heavy atom. The van der Waals surface area contributed by atoms with Crippen molar-refractivity contribution in [1.29, 1.82) is 0 Å². The van der Waals surface area contributed by atoms with Crippen molar-refractivity contribution in [2.75, 3.05) is 0 Å². The van der Waals surface area contributed by atoms with E-state index in [1.807, 2.05) is 36.9 Å². The molecule has 0 fully saturated rings. The minimum Gasteiger partial charge on any atom is -0.265 e. The average Bonchev–Trinajstić information content (AvgIpc) is 1.56. The van der Waals surface area contributed by atoms with Crippen LogP contribution < -0.4 is 0 Å².